The molecule has 152 valence electrons. The van der Waals surface area contributed by atoms with Crippen LogP contribution in [0.2, 0.25) is 0 Å². The van der Waals surface area contributed by atoms with Crippen LogP contribution < -0.4 is 20.9 Å². The Bertz CT molecular complexity index is 1230. The molecule has 2 amide bonds. The lowest BCUT2D eigenvalue weighted by molar-refractivity contribution is 0.262. The Balaban J connectivity index is 1.66. The summed E-state index contributed by atoms with van der Waals surface area (Å²) in [5.41, 5.74) is 2.26. The molecule has 7 nitrogen and oxygen atoms in total. The van der Waals surface area contributed by atoms with E-state index >= 15 is 0 Å². The van der Waals surface area contributed by atoms with E-state index in [1.54, 1.807) is 36.4 Å². The van der Waals surface area contributed by atoms with Crippen molar-refractivity contribution in [3.8, 4) is 17.1 Å². The smallest absolute Gasteiger partial charge is 0.323 e. The normalized spacial score (nSPS) is 10.7. The summed E-state index contributed by atoms with van der Waals surface area (Å²) in [6, 6.07) is 15.9. The number of aromatic amines is 1. The lowest BCUT2D eigenvalue weighted by Gasteiger charge is -2.13. The highest BCUT2D eigenvalue weighted by molar-refractivity contribution is 7.17. The van der Waals surface area contributed by atoms with Gasteiger partial charge in [0.05, 0.1) is 17.7 Å². The summed E-state index contributed by atoms with van der Waals surface area (Å²) in [6.45, 7) is 2.54. The van der Waals surface area contributed by atoms with E-state index in [9.17, 15) is 9.59 Å². The first-order valence-electron chi connectivity index (χ1n) is 9.52. The van der Waals surface area contributed by atoms with Crippen LogP contribution in [0.5, 0.6) is 5.75 Å². The first kappa shape index (κ1) is 19.7. The van der Waals surface area contributed by atoms with Gasteiger partial charge in [-0.15, -0.1) is 11.3 Å². The quantitative estimate of drug-likeness (QED) is 0.405. The van der Waals surface area contributed by atoms with Crippen LogP contribution in [0.3, 0.4) is 0 Å². The van der Waals surface area contributed by atoms with Gasteiger partial charge in [-0.3, -0.25) is 4.79 Å². The Kier molecular flexibility index (Phi) is 5.76. The van der Waals surface area contributed by atoms with Crippen molar-refractivity contribution in [1.29, 1.82) is 0 Å². The van der Waals surface area contributed by atoms with E-state index in [1.807, 2.05) is 30.5 Å². The zero-order valence-electron chi connectivity index (χ0n) is 16.3. The molecule has 0 aliphatic carbocycles. The fourth-order valence-corrected chi connectivity index (χ4v) is 3.67. The molecular formula is C22H20N4O3S. The van der Waals surface area contributed by atoms with Gasteiger partial charge in [-0.05, 0) is 48.2 Å². The third-order valence-corrected chi connectivity index (χ3v) is 5.20. The summed E-state index contributed by atoms with van der Waals surface area (Å²) >= 11 is 1.35. The molecular weight excluding hydrogens is 400 g/mol. The summed E-state index contributed by atoms with van der Waals surface area (Å²) in [4.78, 5) is 32.2. The standard InChI is InChI=1S/C22H20N4O3S/c1-2-11-29-18-9-8-15(24-22(28)23-14-6-4-3-5-7-14)13-16(18)20-25-17-10-12-30-19(17)21(27)26-20/h3-10,12-13H,2,11H2,1H3,(H2,23,24,28)(H,25,26,27). The molecule has 0 aliphatic rings. The van der Waals surface area contributed by atoms with Crippen molar-refractivity contribution in [3.05, 3.63) is 70.3 Å². The number of carbonyl (C=O) groups is 1. The Morgan fingerprint density at radius 2 is 1.90 bits per heavy atom. The Morgan fingerprint density at radius 3 is 2.70 bits per heavy atom. The molecule has 2 aromatic heterocycles. The molecule has 30 heavy (non-hydrogen) atoms. The number of nitrogens with one attached hydrogen (secondary N) is 3. The molecule has 0 radical (unpaired) electrons. The number of anilines is 2. The van der Waals surface area contributed by atoms with Crippen LogP contribution in [-0.2, 0) is 0 Å². The van der Waals surface area contributed by atoms with Crippen LogP contribution in [0.4, 0.5) is 16.2 Å². The van der Waals surface area contributed by atoms with Gasteiger partial charge in [0.1, 0.15) is 16.3 Å². The van der Waals surface area contributed by atoms with Crippen molar-refractivity contribution in [2.24, 2.45) is 0 Å². The number of carbonyl (C=O) groups excluding carboxylic acids is 1. The minimum absolute atomic E-state index is 0.202. The SMILES string of the molecule is CCCOc1ccc(NC(=O)Nc2ccccc2)cc1-c1nc2ccsc2c(=O)[nH]1. The van der Waals surface area contributed by atoms with Gasteiger partial charge in [0.15, 0.2) is 0 Å². The maximum atomic E-state index is 12.4. The Morgan fingerprint density at radius 1 is 1.10 bits per heavy atom. The molecule has 0 saturated carbocycles. The Hall–Kier alpha value is -3.65. The molecule has 0 aliphatic heterocycles. The fraction of sp³-hybridized carbons (Fsp3) is 0.136. The molecule has 3 N–H and O–H groups in total. The van der Waals surface area contributed by atoms with Gasteiger partial charge in [0.25, 0.3) is 5.56 Å². The number of thiophene rings is 1. The number of rotatable bonds is 6. The maximum Gasteiger partial charge on any atom is 0.323 e. The molecule has 4 rings (SSSR count). The van der Waals surface area contributed by atoms with Gasteiger partial charge in [-0.25, -0.2) is 9.78 Å². The number of H-pyrrole nitrogens is 1. The van der Waals surface area contributed by atoms with Crippen molar-refractivity contribution in [2.45, 2.75) is 13.3 Å². The van der Waals surface area contributed by atoms with Crippen molar-refractivity contribution in [3.63, 3.8) is 0 Å². The topological polar surface area (TPSA) is 96.1 Å². The molecule has 0 spiro atoms. The van der Waals surface area contributed by atoms with E-state index in [-0.39, 0.29) is 11.6 Å². The molecule has 0 bridgehead atoms. The van der Waals surface area contributed by atoms with E-state index in [0.29, 0.717) is 45.3 Å². The average Bonchev–Trinajstić information content (AvgIpc) is 3.23. The highest BCUT2D eigenvalue weighted by atomic mass is 32.1. The Labute approximate surface area is 176 Å². The largest absolute Gasteiger partial charge is 0.493 e. The summed E-state index contributed by atoms with van der Waals surface area (Å²) in [5, 5.41) is 7.41. The number of ether oxygens (including phenoxy) is 1. The average molecular weight is 420 g/mol. The van der Waals surface area contributed by atoms with Crippen LogP contribution >= 0.6 is 11.3 Å². The van der Waals surface area contributed by atoms with Gasteiger partial charge in [0, 0.05) is 11.4 Å². The predicted octanol–water partition coefficient (Wildman–Crippen LogP) is 5.08. The van der Waals surface area contributed by atoms with E-state index in [4.69, 9.17) is 4.74 Å². The number of fused-ring (bicyclic) bond motifs is 1. The third kappa shape index (κ3) is 4.33. The highest BCUT2D eigenvalue weighted by Gasteiger charge is 2.14. The number of hydrogen-bond donors (Lipinski definition) is 3. The molecule has 2 heterocycles. The second kappa shape index (κ2) is 8.79. The van der Waals surface area contributed by atoms with Crippen LogP contribution in [0.25, 0.3) is 21.6 Å². The van der Waals surface area contributed by atoms with E-state index < -0.39 is 0 Å². The second-order valence-electron chi connectivity index (χ2n) is 6.55. The van der Waals surface area contributed by atoms with E-state index in [2.05, 4.69) is 20.6 Å². The number of nitrogens with zero attached hydrogens (tertiary/aromatic N) is 1. The molecule has 8 heteroatoms. The number of urea groups is 1. The van der Waals surface area contributed by atoms with Crippen molar-refractivity contribution >= 4 is 39.0 Å². The minimum atomic E-state index is -0.371. The van der Waals surface area contributed by atoms with Crippen molar-refractivity contribution < 1.29 is 9.53 Å². The molecule has 0 unspecified atom stereocenters. The minimum Gasteiger partial charge on any atom is -0.493 e. The zero-order chi connectivity index (χ0) is 20.9. The first-order valence-corrected chi connectivity index (χ1v) is 10.4. The first-order chi connectivity index (χ1) is 14.6. The van der Waals surface area contributed by atoms with E-state index in [0.717, 1.165) is 6.42 Å². The van der Waals surface area contributed by atoms with Crippen molar-refractivity contribution in [2.75, 3.05) is 17.2 Å². The molecule has 0 atom stereocenters. The molecule has 0 fully saturated rings. The third-order valence-electron chi connectivity index (χ3n) is 4.30. The van der Waals surface area contributed by atoms with Crippen LogP contribution in [0.1, 0.15) is 13.3 Å². The monoisotopic (exact) mass is 420 g/mol. The number of benzene rings is 2. The second-order valence-corrected chi connectivity index (χ2v) is 7.47. The lowest BCUT2D eigenvalue weighted by atomic mass is 10.1. The van der Waals surface area contributed by atoms with Crippen LogP contribution in [0, 0.1) is 0 Å². The summed E-state index contributed by atoms with van der Waals surface area (Å²) < 4.78 is 6.42. The van der Waals surface area contributed by atoms with Gasteiger partial charge in [-0.2, -0.15) is 0 Å². The van der Waals surface area contributed by atoms with Gasteiger partial charge >= 0.3 is 6.03 Å². The van der Waals surface area contributed by atoms with Gasteiger partial charge < -0.3 is 20.4 Å². The van der Waals surface area contributed by atoms with Crippen LogP contribution in [-0.4, -0.2) is 22.6 Å². The number of amides is 2. The summed E-state index contributed by atoms with van der Waals surface area (Å²) in [6.07, 6.45) is 0.840. The maximum absolute atomic E-state index is 12.4. The van der Waals surface area contributed by atoms with Crippen LogP contribution in [0.15, 0.2) is 64.8 Å². The molecule has 0 saturated heterocycles. The van der Waals surface area contributed by atoms with Gasteiger partial charge in [0.2, 0.25) is 0 Å². The zero-order valence-corrected chi connectivity index (χ0v) is 17.1. The van der Waals surface area contributed by atoms with Gasteiger partial charge in [-0.1, -0.05) is 25.1 Å². The summed E-state index contributed by atoms with van der Waals surface area (Å²) in [7, 11) is 0. The fourth-order valence-electron chi connectivity index (χ4n) is 2.95. The summed E-state index contributed by atoms with van der Waals surface area (Å²) in [5.74, 6) is 0.979. The number of hydrogen-bond acceptors (Lipinski definition) is 5. The molecule has 2 aromatic carbocycles. The lowest BCUT2D eigenvalue weighted by Crippen LogP contribution is -2.19. The predicted molar refractivity (Wildman–Crippen MR) is 121 cm³/mol. The number of aromatic nitrogens is 2. The van der Waals surface area contributed by atoms with E-state index in [1.165, 1.54) is 11.3 Å². The highest BCUT2D eigenvalue weighted by Crippen LogP contribution is 2.31. The molecule has 4 aromatic rings. The number of para-hydroxylation sites is 1. The van der Waals surface area contributed by atoms with Crippen molar-refractivity contribution in [1.82, 2.24) is 9.97 Å².